The predicted molar refractivity (Wildman–Crippen MR) is 213 cm³/mol. The van der Waals surface area contributed by atoms with Gasteiger partial charge in [0.25, 0.3) is 0 Å². The maximum absolute atomic E-state index is 16.3. The summed E-state index contributed by atoms with van der Waals surface area (Å²) in [5, 5.41) is 4.76. The molecule has 0 radical (unpaired) electrons. The highest BCUT2D eigenvalue weighted by Gasteiger charge is 2.44. The van der Waals surface area contributed by atoms with Crippen molar-refractivity contribution in [3.8, 4) is 0 Å². The van der Waals surface area contributed by atoms with Crippen molar-refractivity contribution in [3.63, 3.8) is 0 Å². The molecule has 0 spiro atoms. The zero-order valence-electron chi connectivity index (χ0n) is 28.4. The van der Waals surface area contributed by atoms with Crippen LogP contribution in [0.25, 0.3) is 0 Å². The molecule has 0 bridgehead atoms. The fourth-order valence-corrected chi connectivity index (χ4v) is 13.5. The van der Waals surface area contributed by atoms with Crippen molar-refractivity contribution < 1.29 is 9.13 Å². The average molecular weight is 687 g/mol. The molecule has 6 aromatic rings. The van der Waals surface area contributed by atoms with Crippen LogP contribution in [0.4, 0.5) is 0 Å². The lowest BCUT2D eigenvalue weighted by atomic mass is 9.73. The Balaban J connectivity index is 1.59. The second-order valence-corrected chi connectivity index (χ2v) is 18.4. The third-order valence-electron chi connectivity index (χ3n) is 9.76. The smallest absolute Gasteiger partial charge is 0.171 e. The summed E-state index contributed by atoms with van der Waals surface area (Å²) in [7, 11) is -6.80. The summed E-state index contributed by atoms with van der Waals surface area (Å²) < 4.78 is 32.4. The van der Waals surface area contributed by atoms with Gasteiger partial charge in [-0.15, -0.1) is 0 Å². The number of hydrogen-bond donors (Lipinski definition) is 0. The maximum atomic E-state index is 16.3. The summed E-state index contributed by atoms with van der Waals surface area (Å²) in [6.45, 7) is 8.28. The molecule has 1 aliphatic rings. The first kappa shape index (κ1) is 33.5. The van der Waals surface area contributed by atoms with E-state index >= 15 is 9.13 Å². The summed E-state index contributed by atoms with van der Waals surface area (Å²) in [6, 6.07) is 54.2. The highest BCUT2D eigenvalue weighted by atomic mass is 31.2. The predicted octanol–water partition coefficient (Wildman–Crippen LogP) is 9.95. The van der Waals surface area contributed by atoms with Crippen molar-refractivity contribution in [1.82, 2.24) is 0 Å². The van der Waals surface area contributed by atoms with Gasteiger partial charge in [0.1, 0.15) is 0 Å². The Labute approximate surface area is 296 Å². The normalized spacial score (nSPS) is 16.1. The molecule has 0 aromatic heterocycles. The van der Waals surface area contributed by atoms with Crippen LogP contribution in [0, 0.1) is 0 Å². The lowest BCUT2D eigenvalue weighted by Gasteiger charge is -2.39. The maximum Gasteiger partial charge on any atom is 0.171 e. The van der Waals surface area contributed by atoms with Gasteiger partial charge in [0.05, 0.1) is 0 Å². The topological polar surface area (TPSA) is 34.1 Å². The van der Waals surface area contributed by atoms with Gasteiger partial charge in [-0.25, -0.2) is 0 Å². The number of allylic oxidation sites excluding steroid dienone is 5. The van der Waals surface area contributed by atoms with Gasteiger partial charge in [0, 0.05) is 43.7 Å². The first-order valence-electron chi connectivity index (χ1n) is 17.0. The van der Waals surface area contributed by atoms with Gasteiger partial charge in [-0.05, 0) is 29.2 Å². The van der Waals surface area contributed by atoms with Crippen molar-refractivity contribution in [2.75, 3.05) is 0 Å². The first-order valence-corrected chi connectivity index (χ1v) is 20.5. The molecule has 4 heteroatoms. The van der Waals surface area contributed by atoms with Crippen molar-refractivity contribution in [2.24, 2.45) is 0 Å². The molecule has 2 atom stereocenters. The molecule has 2 nitrogen and oxygen atoms in total. The summed E-state index contributed by atoms with van der Waals surface area (Å²) in [6.07, 6.45) is 6.00. The average Bonchev–Trinajstić information content (AvgIpc) is 3.17. The van der Waals surface area contributed by atoms with E-state index in [0.717, 1.165) is 59.7 Å². The van der Waals surface area contributed by atoms with Crippen LogP contribution < -0.4 is 26.5 Å². The molecule has 1 aliphatic carbocycles. The summed E-state index contributed by atoms with van der Waals surface area (Å²) in [4.78, 5) is 0. The van der Waals surface area contributed by atoms with E-state index < -0.39 is 14.3 Å². The van der Waals surface area contributed by atoms with Crippen LogP contribution in [-0.2, 0) is 9.13 Å². The van der Waals surface area contributed by atoms with Crippen LogP contribution >= 0.6 is 14.3 Å². The van der Waals surface area contributed by atoms with Gasteiger partial charge >= 0.3 is 0 Å². The van der Waals surface area contributed by atoms with Crippen LogP contribution in [0.3, 0.4) is 0 Å². The minimum Gasteiger partial charge on any atom is -0.309 e. The van der Waals surface area contributed by atoms with Crippen LogP contribution in [0.2, 0.25) is 0 Å². The molecule has 0 heterocycles. The van der Waals surface area contributed by atoms with Crippen molar-refractivity contribution in [2.45, 2.75) is 25.7 Å². The second-order valence-electron chi connectivity index (χ2n) is 12.9. The van der Waals surface area contributed by atoms with Crippen molar-refractivity contribution in [3.05, 3.63) is 222 Å². The van der Waals surface area contributed by atoms with Crippen LogP contribution in [0.15, 0.2) is 199 Å². The molecule has 0 saturated carbocycles. The number of fused-ring (bicyclic) bond motifs is 2. The van der Waals surface area contributed by atoms with E-state index in [0.29, 0.717) is 0 Å². The molecule has 50 heavy (non-hydrogen) atoms. The standard InChI is InChI=1S/C46H40O2P2/c1-34(2)20-18-32-44(50(48,38-25-12-6-13-26-38)39-27-14-7-15-28-39)46-41-30-17-16-29-40(41)35(3)45-42(46)31-19-33-43(45)49(47,36-21-8-4-9-22-36)37-23-10-5-11-24-37/h4-33,35,46H,1H2,2-3H3/b20-18-,44-32+. The highest BCUT2D eigenvalue weighted by Crippen LogP contribution is 2.62. The van der Waals surface area contributed by atoms with Gasteiger partial charge in [-0.1, -0.05) is 201 Å². The Morgan fingerprint density at radius 2 is 1.00 bits per heavy atom. The van der Waals surface area contributed by atoms with Crippen LogP contribution in [0.5, 0.6) is 0 Å². The molecule has 6 aromatic carbocycles. The molecule has 0 aliphatic heterocycles. The van der Waals surface area contributed by atoms with Crippen molar-refractivity contribution in [1.29, 1.82) is 0 Å². The van der Waals surface area contributed by atoms with Gasteiger partial charge in [-0.2, -0.15) is 0 Å². The van der Waals surface area contributed by atoms with E-state index in [4.69, 9.17) is 0 Å². The third kappa shape index (κ3) is 5.84. The molecule has 0 N–H and O–H groups in total. The highest BCUT2D eigenvalue weighted by molar-refractivity contribution is 7.85. The monoisotopic (exact) mass is 686 g/mol. The molecule has 0 saturated heterocycles. The van der Waals surface area contributed by atoms with E-state index in [1.54, 1.807) is 0 Å². The van der Waals surface area contributed by atoms with Crippen LogP contribution in [0.1, 0.15) is 47.9 Å². The van der Waals surface area contributed by atoms with E-state index in [-0.39, 0.29) is 11.8 Å². The Bertz CT molecular complexity index is 2220. The zero-order chi connectivity index (χ0) is 34.7. The minimum absolute atomic E-state index is 0.0607. The summed E-state index contributed by atoms with van der Waals surface area (Å²) in [5.41, 5.74) is 5.23. The van der Waals surface area contributed by atoms with E-state index in [1.807, 2.05) is 146 Å². The van der Waals surface area contributed by atoms with Gasteiger partial charge in [0.15, 0.2) is 14.3 Å². The van der Waals surface area contributed by atoms with E-state index in [9.17, 15) is 0 Å². The molecule has 0 fully saturated rings. The second kappa shape index (κ2) is 14.1. The fourth-order valence-electron chi connectivity index (χ4n) is 7.50. The molecular formula is C46H40O2P2. The summed E-state index contributed by atoms with van der Waals surface area (Å²) in [5.74, 6) is -0.437. The van der Waals surface area contributed by atoms with E-state index in [1.165, 1.54) is 0 Å². The number of benzene rings is 6. The zero-order valence-corrected chi connectivity index (χ0v) is 30.2. The molecule has 0 amide bonds. The fraction of sp³-hybridized carbons (Fsp3) is 0.0870. The third-order valence-corrected chi connectivity index (χ3v) is 16.1. The van der Waals surface area contributed by atoms with E-state index in [2.05, 4.69) is 56.0 Å². The molecule has 2 unspecified atom stereocenters. The Hall–Kier alpha value is -5.00. The first-order chi connectivity index (χ1) is 24.3. The lowest BCUT2D eigenvalue weighted by molar-refractivity contribution is 0.588. The Kier molecular flexibility index (Phi) is 9.44. The van der Waals surface area contributed by atoms with Crippen molar-refractivity contribution >= 4 is 40.8 Å². The Morgan fingerprint density at radius 1 is 0.560 bits per heavy atom. The minimum atomic E-state index is -3.45. The van der Waals surface area contributed by atoms with Gasteiger partial charge in [0.2, 0.25) is 0 Å². The van der Waals surface area contributed by atoms with Gasteiger partial charge in [-0.3, -0.25) is 0 Å². The largest absolute Gasteiger partial charge is 0.309 e. The molecule has 246 valence electrons. The molecule has 7 rings (SSSR count). The Morgan fingerprint density at radius 3 is 1.50 bits per heavy atom. The summed E-state index contributed by atoms with van der Waals surface area (Å²) >= 11 is 0. The molecular weight excluding hydrogens is 646 g/mol. The number of hydrogen-bond acceptors (Lipinski definition) is 2. The van der Waals surface area contributed by atoms with Gasteiger partial charge < -0.3 is 9.13 Å². The quantitative estimate of drug-likeness (QED) is 0.112. The lowest BCUT2D eigenvalue weighted by Crippen LogP contribution is -2.32. The van der Waals surface area contributed by atoms with Crippen LogP contribution in [-0.4, -0.2) is 0 Å². The SMILES string of the molecule is C=C(C)/C=C\C=C(/C1c2ccccc2C(C)c2c1cccc2P(=O)(c1ccccc1)c1ccccc1)P(=O)(c1ccccc1)c1ccccc1. The number of rotatable bonds is 9.